The molecule has 70 valence electrons. The highest BCUT2D eigenvalue weighted by atomic mass is 35.5. The van der Waals surface area contributed by atoms with Gasteiger partial charge in [-0.15, -0.1) is 11.6 Å². The van der Waals surface area contributed by atoms with Crippen LogP contribution in [0.5, 0.6) is 0 Å². The normalized spacial score (nSPS) is 25.3. The Morgan fingerprint density at radius 2 is 2.58 bits per heavy atom. The predicted octanol–water partition coefficient (Wildman–Crippen LogP) is 1.48. The van der Waals surface area contributed by atoms with Crippen LogP contribution in [0.15, 0.2) is 0 Å². The molecule has 0 bridgehead atoms. The minimum absolute atomic E-state index is 0.0581. The lowest BCUT2D eigenvalue weighted by atomic mass is 10.2. The molecule has 0 aromatic carbocycles. The van der Waals surface area contributed by atoms with Gasteiger partial charge in [0.05, 0.1) is 0 Å². The summed E-state index contributed by atoms with van der Waals surface area (Å²) in [7, 11) is 0. The molecule has 0 aromatic rings. The first-order valence-corrected chi connectivity index (χ1v) is 5.87. The number of thioether (sulfide) groups is 1. The Bertz CT molecular complexity index is 159. The van der Waals surface area contributed by atoms with Crippen molar-refractivity contribution in [1.82, 2.24) is 5.32 Å². The average Bonchev–Trinajstić information content (AvgIpc) is 2.55. The molecule has 1 fully saturated rings. The lowest BCUT2D eigenvalue weighted by molar-refractivity contribution is -0.124. The molecule has 1 aliphatic heterocycles. The number of alkyl halides is 1. The molecule has 12 heavy (non-hydrogen) atoms. The summed E-state index contributed by atoms with van der Waals surface area (Å²) in [6.45, 7) is 1.85. The van der Waals surface area contributed by atoms with Gasteiger partial charge < -0.3 is 5.32 Å². The summed E-state index contributed by atoms with van der Waals surface area (Å²) in [5.41, 5.74) is 0. The first-order chi connectivity index (χ1) is 5.74. The second-order valence-electron chi connectivity index (χ2n) is 3.12. The van der Waals surface area contributed by atoms with E-state index in [-0.39, 0.29) is 11.8 Å². The second-order valence-corrected chi connectivity index (χ2v) is 4.58. The minimum atomic E-state index is -0.0581. The van der Waals surface area contributed by atoms with E-state index in [0.717, 1.165) is 12.2 Å². The quantitative estimate of drug-likeness (QED) is 0.711. The van der Waals surface area contributed by atoms with Crippen LogP contribution in [0.3, 0.4) is 0 Å². The fourth-order valence-electron chi connectivity index (χ4n) is 1.06. The second kappa shape index (κ2) is 4.97. The van der Waals surface area contributed by atoms with Crippen LogP contribution in [0.2, 0.25) is 0 Å². The van der Waals surface area contributed by atoms with Gasteiger partial charge in [-0.1, -0.05) is 6.92 Å². The molecule has 0 radical (unpaired) electrons. The Hall–Kier alpha value is 0.110. The lowest BCUT2D eigenvalue weighted by Gasteiger charge is -2.13. The van der Waals surface area contributed by atoms with Crippen molar-refractivity contribution in [3.8, 4) is 0 Å². The summed E-state index contributed by atoms with van der Waals surface area (Å²) in [6, 6.07) is 0.383. The van der Waals surface area contributed by atoms with Gasteiger partial charge in [0.25, 0.3) is 0 Å². The van der Waals surface area contributed by atoms with Gasteiger partial charge in [0, 0.05) is 23.6 Å². The largest absolute Gasteiger partial charge is 0.352 e. The standard InChI is InChI=1S/C8H14ClNOS/c1-6(4-9)8(11)10-7-2-3-12-5-7/h6-7H,2-5H2,1H3,(H,10,11). The monoisotopic (exact) mass is 207 g/mol. The van der Waals surface area contributed by atoms with E-state index in [1.165, 1.54) is 5.75 Å². The molecule has 0 saturated carbocycles. The van der Waals surface area contributed by atoms with Crippen molar-refractivity contribution in [3.63, 3.8) is 0 Å². The Morgan fingerprint density at radius 1 is 1.83 bits per heavy atom. The predicted molar refractivity (Wildman–Crippen MR) is 53.8 cm³/mol. The zero-order chi connectivity index (χ0) is 8.97. The highest BCUT2D eigenvalue weighted by Crippen LogP contribution is 2.17. The van der Waals surface area contributed by atoms with Crippen LogP contribution in [-0.2, 0) is 4.79 Å². The van der Waals surface area contributed by atoms with Gasteiger partial charge in [-0.05, 0) is 12.2 Å². The smallest absolute Gasteiger partial charge is 0.224 e. The average molecular weight is 208 g/mol. The number of hydrogen-bond donors (Lipinski definition) is 1. The molecule has 2 unspecified atom stereocenters. The summed E-state index contributed by atoms with van der Waals surface area (Å²) in [6.07, 6.45) is 1.10. The Balaban J connectivity index is 2.25. The number of carbonyl (C=O) groups excluding carboxylic acids is 1. The molecule has 0 spiro atoms. The molecule has 0 aromatic heterocycles. The van der Waals surface area contributed by atoms with E-state index >= 15 is 0 Å². The van der Waals surface area contributed by atoms with Crippen LogP contribution in [0, 0.1) is 5.92 Å². The van der Waals surface area contributed by atoms with Crippen molar-refractivity contribution >= 4 is 29.3 Å². The van der Waals surface area contributed by atoms with Crippen molar-refractivity contribution in [2.75, 3.05) is 17.4 Å². The van der Waals surface area contributed by atoms with Gasteiger partial charge >= 0.3 is 0 Å². The van der Waals surface area contributed by atoms with E-state index in [1.807, 2.05) is 18.7 Å². The SMILES string of the molecule is CC(CCl)C(=O)NC1CCSC1. The van der Waals surface area contributed by atoms with Crippen LogP contribution in [-0.4, -0.2) is 29.3 Å². The molecular weight excluding hydrogens is 194 g/mol. The molecule has 1 amide bonds. The van der Waals surface area contributed by atoms with Gasteiger partial charge in [0.1, 0.15) is 0 Å². The molecular formula is C8H14ClNOS. The Morgan fingerprint density at radius 3 is 3.08 bits per heavy atom. The molecule has 1 saturated heterocycles. The maximum atomic E-state index is 11.3. The highest BCUT2D eigenvalue weighted by Gasteiger charge is 2.19. The molecule has 2 atom stereocenters. The first kappa shape index (κ1) is 10.2. The van der Waals surface area contributed by atoms with Crippen molar-refractivity contribution in [3.05, 3.63) is 0 Å². The van der Waals surface area contributed by atoms with Crippen LogP contribution < -0.4 is 5.32 Å². The van der Waals surface area contributed by atoms with E-state index in [1.54, 1.807) is 0 Å². The lowest BCUT2D eigenvalue weighted by Crippen LogP contribution is -2.38. The van der Waals surface area contributed by atoms with Crippen LogP contribution in [0.1, 0.15) is 13.3 Å². The molecule has 1 heterocycles. The number of hydrogen-bond acceptors (Lipinski definition) is 2. The number of rotatable bonds is 3. The Kier molecular flexibility index (Phi) is 4.22. The van der Waals surface area contributed by atoms with Crippen LogP contribution in [0.25, 0.3) is 0 Å². The zero-order valence-electron chi connectivity index (χ0n) is 7.18. The van der Waals surface area contributed by atoms with E-state index in [9.17, 15) is 4.79 Å². The van der Waals surface area contributed by atoms with E-state index in [0.29, 0.717) is 11.9 Å². The van der Waals surface area contributed by atoms with Gasteiger partial charge in [0.2, 0.25) is 5.91 Å². The van der Waals surface area contributed by atoms with Crippen molar-refractivity contribution in [2.45, 2.75) is 19.4 Å². The van der Waals surface area contributed by atoms with Crippen LogP contribution in [0.4, 0.5) is 0 Å². The maximum Gasteiger partial charge on any atom is 0.224 e. The van der Waals surface area contributed by atoms with Gasteiger partial charge in [-0.25, -0.2) is 0 Å². The fourth-order valence-corrected chi connectivity index (χ4v) is 2.35. The summed E-state index contributed by atoms with van der Waals surface area (Å²) in [5, 5.41) is 2.99. The summed E-state index contributed by atoms with van der Waals surface area (Å²) >= 11 is 7.46. The molecule has 1 N–H and O–H groups in total. The molecule has 1 aliphatic rings. The molecule has 0 aliphatic carbocycles. The highest BCUT2D eigenvalue weighted by molar-refractivity contribution is 7.99. The fraction of sp³-hybridized carbons (Fsp3) is 0.875. The summed E-state index contributed by atoms with van der Waals surface area (Å²) in [5.74, 6) is 2.67. The van der Waals surface area contributed by atoms with E-state index < -0.39 is 0 Å². The molecule has 2 nitrogen and oxygen atoms in total. The van der Waals surface area contributed by atoms with E-state index in [2.05, 4.69) is 5.32 Å². The van der Waals surface area contributed by atoms with Crippen molar-refractivity contribution in [2.24, 2.45) is 5.92 Å². The number of halogens is 1. The van der Waals surface area contributed by atoms with Crippen molar-refractivity contribution in [1.29, 1.82) is 0 Å². The summed E-state index contributed by atoms with van der Waals surface area (Å²) < 4.78 is 0. The number of amides is 1. The molecule has 1 rings (SSSR count). The van der Waals surface area contributed by atoms with Gasteiger partial charge in [-0.3, -0.25) is 4.79 Å². The Labute approximate surface area is 82.4 Å². The topological polar surface area (TPSA) is 29.1 Å². The molecule has 4 heteroatoms. The first-order valence-electron chi connectivity index (χ1n) is 4.18. The van der Waals surface area contributed by atoms with Gasteiger partial charge in [-0.2, -0.15) is 11.8 Å². The number of carbonyl (C=O) groups is 1. The third-order valence-corrected chi connectivity index (χ3v) is 3.58. The summed E-state index contributed by atoms with van der Waals surface area (Å²) in [4.78, 5) is 11.3. The third-order valence-electron chi connectivity index (χ3n) is 1.96. The third kappa shape index (κ3) is 2.87. The minimum Gasteiger partial charge on any atom is -0.352 e. The number of nitrogens with one attached hydrogen (secondary N) is 1. The van der Waals surface area contributed by atoms with E-state index in [4.69, 9.17) is 11.6 Å². The zero-order valence-corrected chi connectivity index (χ0v) is 8.75. The van der Waals surface area contributed by atoms with Crippen LogP contribution >= 0.6 is 23.4 Å². The van der Waals surface area contributed by atoms with Gasteiger partial charge in [0.15, 0.2) is 0 Å². The van der Waals surface area contributed by atoms with Crippen molar-refractivity contribution < 1.29 is 4.79 Å². The maximum absolute atomic E-state index is 11.3.